The fourth-order valence-corrected chi connectivity index (χ4v) is 4.21. The fourth-order valence-electron chi connectivity index (χ4n) is 3.40. The molecule has 1 amide bonds. The zero-order chi connectivity index (χ0) is 22.0. The number of aryl methyl sites for hydroxylation is 1. The van der Waals surface area contributed by atoms with Crippen LogP contribution in [0.2, 0.25) is 0 Å². The number of nitrogens with one attached hydrogen (secondary N) is 1. The van der Waals surface area contributed by atoms with Crippen molar-refractivity contribution in [3.63, 3.8) is 0 Å². The van der Waals surface area contributed by atoms with Gasteiger partial charge >= 0.3 is 0 Å². The van der Waals surface area contributed by atoms with Gasteiger partial charge in [-0.15, -0.1) is 10.2 Å². The fraction of sp³-hybridized carbons (Fsp3) is 0.238. The molecule has 1 N–H and O–H groups in total. The predicted octanol–water partition coefficient (Wildman–Crippen LogP) is 4.42. The number of nitro groups is 1. The third-order valence-electron chi connectivity index (χ3n) is 4.93. The van der Waals surface area contributed by atoms with E-state index < -0.39 is 10.2 Å². The summed E-state index contributed by atoms with van der Waals surface area (Å²) in [7, 11) is 0. The van der Waals surface area contributed by atoms with Crippen molar-refractivity contribution in [3.05, 3.63) is 58.6 Å². The molecular formula is C21H20N6O3S. The van der Waals surface area contributed by atoms with Crippen molar-refractivity contribution in [2.45, 2.75) is 37.2 Å². The highest BCUT2D eigenvalue weighted by Gasteiger charge is 2.22. The first kappa shape index (κ1) is 20.7. The Morgan fingerprint density at radius 1 is 1.16 bits per heavy atom. The van der Waals surface area contributed by atoms with Crippen LogP contribution in [0.1, 0.15) is 20.3 Å². The quantitative estimate of drug-likeness (QED) is 0.259. The molecule has 31 heavy (non-hydrogen) atoms. The lowest BCUT2D eigenvalue weighted by Crippen LogP contribution is -2.24. The number of hydrogen-bond donors (Lipinski definition) is 1. The molecule has 0 saturated carbocycles. The molecule has 2 aromatic heterocycles. The number of nitro benzene ring substituents is 1. The topological polar surface area (TPSA) is 116 Å². The van der Waals surface area contributed by atoms with E-state index in [-0.39, 0.29) is 11.6 Å². The van der Waals surface area contributed by atoms with Gasteiger partial charge in [-0.3, -0.25) is 14.9 Å². The molecule has 1 unspecified atom stereocenters. The van der Waals surface area contributed by atoms with Gasteiger partial charge in [0.25, 0.3) is 5.69 Å². The number of amides is 1. The maximum atomic E-state index is 12.7. The molecule has 0 saturated heterocycles. The molecule has 0 aliphatic carbocycles. The number of anilines is 1. The van der Waals surface area contributed by atoms with Crippen LogP contribution in [0.25, 0.3) is 22.1 Å². The van der Waals surface area contributed by atoms with E-state index in [2.05, 4.69) is 25.1 Å². The summed E-state index contributed by atoms with van der Waals surface area (Å²) >= 11 is 1.25. The minimum atomic E-state index is -0.480. The molecule has 0 aliphatic heterocycles. The maximum Gasteiger partial charge on any atom is 0.269 e. The predicted molar refractivity (Wildman–Crippen MR) is 120 cm³/mol. The van der Waals surface area contributed by atoms with Crippen molar-refractivity contribution in [1.82, 2.24) is 19.7 Å². The lowest BCUT2D eigenvalue weighted by Gasteiger charge is -2.13. The van der Waals surface area contributed by atoms with E-state index >= 15 is 0 Å². The van der Waals surface area contributed by atoms with E-state index in [0.717, 1.165) is 28.6 Å². The normalized spacial score (nSPS) is 12.2. The summed E-state index contributed by atoms with van der Waals surface area (Å²) in [5.41, 5.74) is 3.00. The van der Waals surface area contributed by atoms with Gasteiger partial charge in [-0.1, -0.05) is 36.9 Å². The molecule has 0 bridgehead atoms. The van der Waals surface area contributed by atoms with Crippen LogP contribution in [0.5, 0.6) is 0 Å². The highest BCUT2D eigenvalue weighted by molar-refractivity contribution is 8.00. The first-order valence-electron chi connectivity index (χ1n) is 9.85. The van der Waals surface area contributed by atoms with Crippen LogP contribution in [-0.2, 0) is 11.3 Å². The Hall–Kier alpha value is -3.53. The Morgan fingerprint density at radius 2 is 1.90 bits per heavy atom. The smallest absolute Gasteiger partial charge is 0.269 e. The highest BCUT2D eigenvalue weighted by atomic mass is 32.2. The van der Waals surface area contributed by atoms with Crippen molar-refractivity contribution in [3.8, 4) is 0 Å². The molecule has 0 fully saturated rings. The molecule has 2 aromatic carbocycles. The number of nitrogens with zero attached hydrogens (tertiary/aromatic N) is 5. The number of para-hydroxylation sites is 1. The first-order valence-corrected chi connectivity index (χ1v) is 10.7. The minimum absolute atomic E-state index is 0.0292. The Kier molecular flexibility index (Phi) is 5.81. The van der Waals surface area contributed by atoms with Crippen molar-refractivity contribution in [1.29, 1.82) is 0 Å². The van der Waals surface area contributed by atoms with Crippen LogP contribution in [0.3, 0.4) is 0 Å². The number of fused-ring (bicyclic) bond motifs is 3. The third kappa shape index (κ3) is 4.06. The van der Waals surface area contributed by atoms with Gasteiger partial charge in [0.15, 0.2) is 5.65 Å². The number of non-ortho nitro benzene ring substituents is 1. The second-order valence-corrected chi connectivity index (χ2v) is 8.01. The van der Waals surface area contributed by atoms with Crippen molar-refractivity contribution in [2.24, 2.45) is 0 Å². The van der Waals surface area contributed by atoms with Crippen LogP contribution in [0, 0.1) is 10.1 Å². The summed E-state index contributed by atoms with van der Waals surface area (Å²) in [5.74, 6) is -0.221. The standard InChI is InChI=1S/C21H20N6O3S/c1-3-17(20(28)22-13-9-11-14(12-10-13)27(29)30)31-21-23-19-18(24-25-21)15-7-5-6-8-16(15)26(19)4-2/h5-12,17H,3-4H2,1-2H3,(H,22,28). The monoisotopic (exact) mass is 436 g/mol. The number of hydrogen-bond acceptors (Lipinski definition) is 7. The van der Waals surface area contributed by atoms with Crippen LogP contribution in [0.4, 0.5) is 11.4 Å². The van der Waals surface area contributed by atoms with Gasteiger partial charge in [0.2, 0.25) is 11.1 Å². The Balaban J connectivity index is 1.57. The number of carbonyl (C=O) groups excluding carboxylic acids is 1. The van der Waals surface area contributed by atoms with E-state index in [1.807, 2.05) is 38.1 Å². The number of benzene rings is 2. The summed E-state index contributed by atoms with van der Waals surface area (Å²) in [5, 5.41) is 23.2. The van der Waals surface area contributed by atoms with Gasteiger partial charge in [0.1, 0.15) is 5.52 Å². The van der Waals surface area contributed by atoms with Crippen molar-refractivity contribution >= 4 is 51.1 Å². The highest BCUT2D eigenvalue weighted by Crippen LogP contribution is 2.29. The van der Waals surface area contributed by atoms with Gasteiger partial charge < -0.3 is 9.88 Å². The van der Waals surface area contributed by atoms with E-state index in [1.54, 1.807) is 0 Å². The van der Waals surface area contributed by atoms with E-state index in [9.17, 15) is 14.9 Å². The average molecular weight is 436 g/mol. The number of thioether (sulfide) groups is 1. The van der Waals surface area contributed by atoms with Gasteiger partial charge in [-0.25, -0.2) is 4.98 Å². The molecule has 0 radical (unpaired) electrons. The largest absolute Gasteiger partial charge is 0.325 e. The maximum absolute atomic E-state index is 12.7. The molecule has 0 aliphatic rings. The molecule has 158 valence electrons. The first-order chi connectivity index (χ1) is 15.0. The summed E-state index contributed by atoms with van der Waals surface area (Å²) in [6.07, 6.45) is 0.557. The number of aromatic nitrogens is 4. The lowest BCUT2D eigenvalue weighted by atomic mass is 10.2. The molecule has 0 spiro atoms. The second-order valence-electron chi connectivity index (χ2n) is 6.84. The second kappa shape index (κ2) is 8.68. The molecular weight excluding hydrogens is 416 g/mol. The summed E-state index contributed by atoms with van der Waals surface area (Å²) in [6, 6.07) is 13.7. The van der Waals surface area contributed by atoms with Crippen molar-refractivity contribution in [2.75, 3.05) is 5.32 Å². The zero-order valence-electron chi connectivity index (χ0n) is 17.0. The Bertz CT molecular complexity index is 1270. The molecule has 9 nitrogen and oxygen atoms in total. The van der Waals surface area contributed by atoms with Crippen LogP contribution in [0.15, 0.2) is 53.7 Å². The summed E-state index contributed by atoms with van der Waals surface area (Å²) < 4.78 is 2.08. The third-order valence-corrected chi connectivity index (χ3v) is 6.14. The van der Waals surface area contributed by atoms with Gasteiger partial charge in [0, 0.05) is 29.8 Å². The molecule has 2 heterocycles. The van der Waals surface area contributed by atoms with Crippen LogP contribution in [-0.4, -0.2) is 35.8 Å². The summed E-state index contributed by atoms with van der Waals surface area (Å²) in [6.45, 7) is 4.69. The van der Waals surface area contributed by atoms with Crippen molar-refractivity contribution < 1.29 is 9.72 Å². The van der Waals surface area contributed by atoms with Crippen LogP contribution < -0.4 is 5.32 Å². The molecule has 4 aromatic rings. The summed E-state index contributed by atoms with van der Waals surface area (Å²) in [4.78, 5) is 27.7. The number of rotatable bonds is 7. The lowest BCUT2D eigenvalue weighted by molar-refractivity contribution is -0.384. The molecule has 10 heteroatoms. The van der Waals surface area contributed by atoms with Gasteiger partial charge in [-0.05, 0) is 31.5 Å². The van der Waals surface area contributed by atoms with E-state index in [0.29, 0.717) is 17.3 Å². The molecule has 4 rings (SSSR count). The van der Waals surface area contributed by atoms with Gasteiger partial charge in [0.05, 0.1) is 15.7 Å². The SMILES string of the molecule is CCC(Sc1nnc2c3ccccc3n(CC)c2n1)C(=O)Nc1ccc([N+](=O)[O-])cc1. The minimum Gasteiger partial charge on any atom is -0.325 e. The number of carbonyl (C=O) groups is 1. The average Bonchev–Trinajstić information content (AvgIpc) is 3.10. The Labute approximate surface area is 182 Å². The van der Waals surface area contributed by atoms with E-state index in [4.69, 9.17) is 0 Å². The Morgan fingerprint density at radius 3 is 2.58 bits per heavy atom. The van der Waals surface area contributed by atoms with E-state index in [1.165, 1.54) is 36.0 Å². The van der Waals surface area contributed by atoms with Gasteiger partial charge in [-0.2, -0.15) is 0 Å². The zero-order valence-corrected chi connectivity index (χ0v) is 17.8. The molecule has 1 atom stereocenters. The van der Waals surface area contributed by atoms with Crippen LogP contribution >= 0.6 is 11.8 Å².